The zero-order chi connectivity index (χ0) is 6.28. The fourth-order valence-corrected chi connectivity index (χ4v) is 0. The average molecular weight is 124 g/mol. The molecular weight excluding hydrogens is 114 g/mol. The molecule has 0 saturated heterocycles. The van der Waals surface area contributed by atoms with Crippen LogP contribution in [0.3, 0.4) is 0 Å². The van der Waals surface area contributed by atoms with Crippen LogP contribution in [-0.2, 0) is 4.79 Å². The van der Waals surface area contributed by atoms with Crippen molar-refractivity contribution in [3.8, 4) is 0 Å². The molecule has 0 aliphatic heterocycles. The Kier molecular flexibility index (Phi) is 13.1. The molecular formula is C4H10ClNO. The van der Waals surface area contributed by atoms with Crippen LogP contribution >= 0.6 is 11.6 Å². The molecule has 2 nitrogen and oxygen atoms in total. The van der Waals surface area contributed by atoms with Gasteiger partial charge in [0, 0.05) is 12.8 Å². The van der Waals surface area contributed by atoms with E-state index in [0.717, 1.165) is 0 Å². The van der Waals surface area contributed by atoms with E-state index in [1.54, 1.807) is 6.92 Å². The summed E-state index contributed by atoms with van der Waals surface area (Å²) in [6.07, 6.45) is 1.92. The summed E-state index contributed by atoms with van der Waals surface area (Å²) >= 11 is 4.64. The minimum absolute atomic E-state index is 0.245. The summed E-state index contributed by atoms with van der Waals surface area (Å²) in [7, 11) is 0. The molecule has 0 aliphatic carbocycles. The van der Waals surface area contributed by atoms with Crippen LogP contribution < -0.4 is 5.73 Å². The van der Waals surface area contributed by atoms with E-state index in [1.807, 2.05) is 0 Å². The number of carbonyl (C=O) groups excluding carboxylic acids is 1. The standard InChI is InChI=1S/C3H7NO.CH3Cl/c1-2-3(4)5;1-2/h2H2,1H3,(H2,4,5);1H3. The summed E-state index contributed by atoms with van der Waals surface area (Å²) in [6, 6.07) is 0. The molecule has 0 radical (unpaired) electrons. The van der Waals surface area contributed by atoms with Gasteiger partial charge < -0.3 is 5.73 Å². The van der Waals surface area contributed by atoms with Crippen molar-refractivity contribution in [1.82, 2.24) is 0 Å². The molecule has 2 N–H and O–H groups in total. The number of nitrogens with two attached hydrogens (primary N) is 1. The van der Waals surface area contributed by atoms with Crippen molar-refractivity contribution in [2.45, 2.75) is 13.3 Å². The first-order chi connectivity index (χ1) is 3.27. The highest BCUT2D eigenvalue weighted by Crippen LogP contribution is 1.63. The Morgan fingerprint density at radius 2 is 1.86 bits per heavy atom. The highest BCUT2D eigenvalue weighted by molar-refractivity contribution is 6.15. The predicted octanol–water partition coefficient (Wildman–Crippen LogP) is 0.737. The van der Waals surface area contributed by atoms with E-state index in [2.05, 4.69) is 17.3 Å². The lowest BCUT2D eigenvalue weighted by atomic mass is 10.5. The highest BCUT2D eigenvalue weighted by Gasteiger charge is 1.77. The quantitative estimate of drug-likeness (QED) is 0.514. The summed E-state index contributed by atoms with van der Waals surface area (Å²) in [5, 5.41) is 0. The van der Waals surface area contributed by atoms with E-state index in [9.17, 15) is 4.79 Å². The third kappa shape index (κ3) is 26.3. The normalized spacial score (nSPS) is 6.14. The first-order valence-corrected chi connectivity index (χ1v) is 2.69. The second-order valence-corrected chi connectivity index (χ2v) is 0.820. The molecule has 3 heteroatoms. The van der Waals surface area contributed by atoms with Gasteiger partial charge in [-0.05, 0) is 0 Å². The molecule has 0 saturated carbocycles. The van der Waals surface area contributed by atoms with Gasteiger partial charge in [-0.1, -0.05) is 6.92 Å². The van der Waals surface area contributed by atoms with Crippen LogP contribution in [0.25, 0.3) is 0 Å². The van der Waals surface area contributed by atoms with Gasteiger partial charge in [-0.15, -0.1) is 11.6 Å². The number of amides is 1. The number of hydrogen-bond acceptors (Lipinski definition) is 1. The SMILES string of the molecule is CCC(N)=O.CCl. The van der Waals surface area contributed by atoms with E-state index in [4.69, 9.17) is 0 Å². The number of carbonyl (C=O) groups is 1. The first-order valence-electron chi connectivity index (χ1n) is 1.93. The molecule has 0 aliphatic rings. The Balaban J connectivity index is 0. The second kappa shape index (κ2) is 9.23. The van der Waals surface area contributed by atoms with Gasteiger partial charge >= 0.3 is 0 Å². The van der Waals surface area contributed by atoms with Crippen LogP contribution in [-0.4, -0.2) is 12.3 Å². The molecule has 0 fully saturated rings. The van der Waals surface area contributed by atoms with Crippen molar-refractivity contribution < 1.29 is 4.79 Å². The Morgan fingerprint density at radius 3 is 1.86 bits per heavy atom. The van der Waals surface area contributed by atoms with Crippen molar-refractivity contribution in [2.75, 3.05) is 6.38 Å². The maximum Gasteiger partial charge on any atom is 0.217 e. The molecule has 0 unspecified atom stereocenters. The Morgan fingerprint density at radius 1 is 1.71 bits per heavy atom. The van der Waals surface area contributed by atoms with Crippen LogP contribution in [0.5, 0.6) is 0 Å². The van der Waals surface area contributed by atoms with E-state index >= 15 is 0 Å². The zero-order valence-electron chi connectivity index (χ0n) is 4.57. The number of alkyl halides is 1. The molecule has 44 valence electrons. The lowest BCUT2D eigenvalue weighted by molar-refractivity contribution is -0.117. The number of hydrogen-bond donors (Lipinski definition) is 1. The number of halogens is 1. The van der Waals surface area contributed by atoms with Crippen molar-refractivity contribution >= 4 is 17.5 Å². The predicted molar refractivity (Wildman–Crippen MR) is 31.3 cm³/mol. The third-order valence-electron chi connectivity index (χ3n) is 0.348. The summed E-state index contributed by atoms with van der Waals surface area (Å²) in [6.45, 7) is 1.72. The Hall–Kier alpha value is -0.240. The van der Waals surface area contributed by atoms with Crippen molar-refractivity contribution in [1.29, 1.82) is 0 Å². The van der Waals surface area contributed by atoms with Gasteiger partial charge in [-0.25, -0.2) is 0 Å². The van der Waals surface area contributed by atoms with Gasteiger partial charge in [0.25, 0.3) is 0 Å². The molecule has 0 rings (SSSR count). The van der Waals surface area contributed by atoms with Gasteiger partial charge in [0.1, 0.15) is 0 Å². The third-order valence-corrected chi connectivity index (χ3v) is 0.348. The van der Waals surface area contributed by atoms with Crippen LogP contribution in [0, 0.1) is 0 Å². The van der Waals surface area contributed by atoms with Gasteiger partial charge in [0.15, 0.2) is 0 Å². The van der Waals surface area contributed by atoms with Gasteiger partial charge in [-0.3, -0.25) is 4.79 Å². The fourth-order valence-electron chi connectivity index (χ4n) is 0. The molecule has 0 aromatic carbocycles. The molecule has 0 heterocycles. The van der Waals surface area contributed by atoms with E-state index in [-0.39, 0.29) is 5.91 Å². The Bertz CT molecular complexity index is 47.0. The van der Waals surface area contributed by atoms with Gasteiger partial charge in [-0.2, -0.15) is 0 Å². The van der Waals surface area contributed by atoms with E-state index in [0.29, 0.717) is 6.42 Å². The molecule has 0 atom stereocenters. The fraction of sp³-hybridized carbons (Fsp3) is 0.750. The molecule has 0 aromatic heterocycles. The van der Waals surface area contributed by atoms with Crippen LogP contribution in [0.2, 0.25) is 0 Å². The summed E-state index contributed by atoms with van der Waals surface area (Å²) in [5.74, 6) is -0.245. The van der Waals surface area contributed by atoms with E-state index in [1.165, 1.54) is 6.38 Å². The topological polar surface area (TPSA) is 43.1 Å². The monoisotopic (exact) mass is 123 g/mol. The molecule has 7 heavy (non-hydrogen) atoms. The molecule has 0 spiro atoms. The summed E-state index contributed by atoms with van der Waals surface area (Å²) in [5.41, 5.74) is 4.65. The van der Waals surface area contributed by atoms with Gasteiger partial charge in [0.05, 0.1) is 0 Å². The number of primary amides is 1. The first kappa shape index (κ1) is 9.90. The largest absolute Gasteiger partial charge is 0.370 e. The smallest absolute Gasteiger partial charge is 0.217 e. The average Bonchev–Trinajstić information content (AvgIpc) is 1.73. The lowest BCUT2D eigenvalue weighted by Crippen LogP contribution is -2.06. The van der Waals surface area contributed by atoms with Crippen molar-refractivity contribution in [3.63, 3.8) is 0 Å². The minimum atomic E-state index is -0.245. The van der Waals surface area contributed by atoms with Crippen LogP contribution in [0.1, 0.15) is 13.3 Å². The lowest BCUT2D eigenvalue weighted by Gasteiger charge is -1.73. The van der Waals surface area contributed by atoms with Crippen LogP contribution in [0.15, 0.2) is 0 Å². The number of rotatable bonds is 1. The second-order valence-electron chi connectivity index (χ2n) is 0.820. The maximum atomic E-state index is 9.59. The van der Waals surface area contributed by atoms with Crippen molar-refractivity contribution in [3.05, 3.63) is 0 Å². The van der Waals surface area contributed by atoms with Crippen LogP contribution in [0.4, 0.5) is 0 Å². The molecule has 0 bridgehead atoms. The van der Waals surface area contributed by atoms with Crippen molar-refractivity contribution in [2.24, 2.45) is 5.73 Å². The van der Waals surface area contributed by atoms with Gasteiger partial charge in [0.2, 0.25) is 5.91 Å². The summed E-state index contributed by atoms with van der Waals surface area (Å²) < 4.78 is 0. The van der Waals surface area contributed by atoms with E-state index < -0.39 is 0 Å². The maximum absolute atomic E-state index is 9.59. The highest BCUT2D eigenvalue weighted by atomic mass is 35.5. The zero-order valence-corrected chi connectivity index (χ0v) is 5.33. The molecule has 0 aromatic rings. The molecule has 1 amide bonds. The Labute approximate surface area is 48.6 Å². The summed E-state index contributed by atoms with van der Waals surface area (Å²) in [4.78, 5) is 9.59. The minimum Gasteiger partial charge on any atom is -0.370 e.